The van der Waals surface area contributed by atoms with Crippen molar-refractivity contribution < 1.29 is 14.3 Å². The van der Waals surface area contributed by atoms with E-state index in [1.807, 2.05) is 37.3 Å². The van der Waals surface area contributed by atoms with Crippen LogP contribution in [-0.2, 0) is 11.4 Å². The van der Waals surface area contributed by atoms with E-state index in [-0.39, 0.29) is 5.91 Å². The molecule has 0 radical (unpaired) electrons. The average molecular weight is 544 g/mol. The number of nitrogens with one attached hydrogen (secondary N) is 1. The Bertz CT molecular complexity index is 1200. The first-order chi connectivity index (χ1) is 15.0. The summed E-state index contributed by atoms with van der Waals surface area (Å²) >= 11 is 7.45. The first kappa shape index (κ1) is 21.6. The lowest BCUT2D eigenvalue weighted by atomic mass is 10.1. The van der Waals surface area contributed by atoms with Gasteiger partial charge in [0.25, 0.3) is 5.91 Å². The Hall–Kier alpha value is -2.65. The van der Waals surface area contributed by atoms with Crippen molar-refractivity contribution in [3.05, 3.63) is 75.0 Å². The monoisotopic (exact) mass is 544 g/mol. The number of carbonyl (C=O) groups is 1. The molecule has 0 bridgehead atoms. The molecule has 1 amide bonds. The summed E-state index contributed by atoms with van der Waals surface area (Å²) in [5.74, 6) is 1.16. The summed E-state index contributed by atoms with van der Waals surface area (Å²) < 4.78 is 12.7. The molecular formula is C24H21IN2O3S. The predicted octanol–water partition coefficient (Wildman–Crippen LogP) is 5.11. The lowest BCUT2D eigenvalue weighted by Crippen LogP contribution is -2.30. The molecular weight excluding hydrogens is 523 g/mol. The van der Waals surface area contributed by atoms with Crippen LogP contribution >= 0.6 is 34.8 Å². The Kier molecular flexibility index (Phi) is 6.43. The van der Waals surface area contributed by atoms with E-state index in [0.29, 0.717) is 35.5 Å². The van der Waals surface area contributed by atoms with Crippen LogP contribution in [-0.4, -0.2) is 29.6 Å². The number of hydrogen-bond acceptors (Lipinski definition) is 4. The topological polar surface area (TPSA) is 50.8 Å². The molecule has 0 aromatic heterocycles. The zero-order valence-electron chi connectivity index (χ0n) is 17.1. The van der Waals surface area contributed by atoms with E-state index >= 15 is 0 Å². The van der Waals surface area contributed by atoms with Gasteiger partial charge in [0.2, 0.25) is 0 Å². The molecule has 1 aliphatic heterocycles. The maximum absolute atomic E-state index is 12.5. The van der Waals surface area contributed by atoms with Gasteiger partial charge in [0.1, 0.15) is 12.3 Å². The first-order valence-corrected chi connectivity index (χ1v) is 11.3. The van der Waals surface area contributed by atoms with Crippen molar-refractivity contribution in [2.45, 2.75) is 13.5 Å². The van der Waals surface area contributed by atoms with E-state index in [2.05, 4.69) is 52.2 Å². The van der Waals surface area contributed by atoms with Crippen LogP contribution in [0.3, 0.4) is 0 Å². The third kappa shape index (κ3) is 4.38. The Morgan fingerprint density at radius 2 is 1.94 bits per heavy atom. The number of carbonyl (C=O) groups excluding carboxylic acids is 1. The molecule has 1 N–H and O–H groups in total. The van der Waals surface area contributed by atoms with Gasteiger partial charge in [-0.2, -0.15) is 0 Å². The second-order valence-electron chi connectivity index (χ2n) is 7.00. The van der Waals surface area contributed by atoms with Gasteiger partial charge in [0.05, 0.1) is 10.7 Å². The summed E-state index contributed by atoms with van der Waals surface area (Å²) in [4.78, 5) is 14.0. The van der Waals surface area contributed by atoms with Crippen LogP contribution in [0.15, 0.2) is 60.3 Å². The number of ether oxygens (including phenoxy) is 2. The normalized spacial score (nSPS) is 14.9. The first-order valence-electron chi connectivity index (χ1n) is 9.83. The Balaban J connectivity index is 1.61. The van der Waals surface area contributed by atoms with E-state index < -0.39 is 0 Å². The highest BCUT2D eigenvalue weighted by molar-refractivity contribution is 14.1. The molecule has 31 heavy (non-hydrogen) atoms. The second kappa shape index (κ2) is 9.23. The number of rotatable bonds is 6. The molecule has 1 saturated heterocycles. The minimum Gasteiger partial charge on any atom is -0.493 e. The molecule has 1 aliphatic rings. The molecule has 0 spiro atoms. The molecule has 0 unspecified atom stereocenters. The van der Waals surface area contributed by atoms with E-state index in [1.54, 1.807) is 13.2 Å². The third-order valence-corrected chi connectivity index (χ3v) is 6.22. The number of fused-ring (bicyclic) bond motifs is 1. The van der Waals surface area contributed by atoms with Gasteiger partial charge in [-0.15, -0.1) is 0 Å². The fourth-order valence-corrected chi connectivity index (χ4v) is 4.66. The van der Waals surface area contributed by atoms with Crippen molar-refractivity contribution in [1.29, 1.82) is 0 Å². The quantitative estimate of drug-likeness (QED) is 0.266. The van der Waals surface area contributed by atoms with Crippen molar-refractivity contribution >= 4 is 62.7 Å². The number of benzene rings is 3. The molecule has 4 rings (SSSR count). The third-order valence-electron chi connectivity index (χ3n) is 5.09. The molecule has 1 heterocycles. The number of amides is 1. The average Bonchev–Trinajstić information content (AvgIpc) is 3.04. The summed E-state index contributed by atoms with van der Waals surface area (Å²) in [6.45, 7) is 2.85. The minimum atomic E-state index is -0.127. The number of halogens is 1. The number of likely N-dealkylation sites (N-methyl/N-ethyl adjacent to an activating group) is 1. The van der Waals surface area contributed by atoms with Gasteiger partial charge in [-0.25, -0.2) is 0 Å². The van der Waals surface area contributed by atoms with Crippen molar-refractivity contribution in [2.24, 2.45) is 0 Å². The van der Waals surface area contributed by atoms with Crippen molar-refractivity contribution in [1.82, 2.24) is 10.2 Å². The SMILES string of the molecule is CCN1C(=O)/C(=C/c2cc(I)c(OCc3cccc4ccccc34)c(OC)c2)NC1=S. The van der Waals surface area contributed by atoms with Crippen molar-refractivity contribution in [3.8, 4) is 11.5 Å². The lowest BCUT2D eigenvalue weighted by Gasteiger charge is -2.15. The zero-order chi connectivity index (χ0) is 22.0. The maximum Gasteiger partial charge on any atom is 0.276 e. The zero-order valence-corrected chi connectivity index (χ0v) is 20.1. The van der Waals surface area contributed by atoms with Gasteiger partial charge in [-0.1, -0.05) is 42.5 Å². The van der Waals surface area contributed by atoms with Gasteiger partial charge >= 0.3 is 0 Å². The van der Waals surface area contributed by atoms with E-state index in [4.69, 9.17) is 21.7 Å². The molecule has 0 atom stereocenters. The van der Waals surface area contributed by atoms with Gasteiger partial charge in [0.15, 0.2) is 16.6 Å². The maximum atomic E-state index is 12.5. The van der Waals surface area contributed by atoms with Crippen LogP contribution in [0.25, 0.3) is 16.8 Å². The van der Waals surface area contributed by atoms with E-state index in [0.717, 1.165) is 14.7 Å². The van der Waals surface area contributed by atoms with Gasteiger partial charge in [0, 0.05) is 6.54 Å². The highest BCUT2D eigenvalue weighted by Crippen LogP contribution is 2.35. The van der Waals surface area contributed by atoms with Crippen molar-refractivity contribution in [2.75, 3.05) is 13.7 Å². The van der Waals surface area contributed by atoms with Gasteiger partial charge < -0.3 is 14.8 Å². The van der Waals surface area contributed by atoms with Gasteiger partial charge in [-0.05, 0) is 81.8 Å². The standard InChI is InChI=1S/C24H21IN2O3S/c1-3-27-23(28)20(26-24(27)31)12-15-11-19(25)22(21(13-15)29-2)30-14-17-9-6-8-16-7-4-5-10-18(16)17/h4-13H,3,14H2,1-2H3,(H,26,31)/b20-12-. The number of nitrogens with zero attached hydrogens (tertiary/aromatic N) is 1. The van der Waals surface area contributed by atoms with E-state index in [1.165, 1.54) is 15.7 Å². The van der Waals surface area contributed by atoms with Crippen molar-refractivity contribution in [3.63, 3.8) is 0 Å². The van der Waals surface area contributed by atoms with Crippen LogP contribution in [0.2, 0.25) is 0 Å². The molecule has 3 aromatic carbocycles. The second-order valence-corrected chi connectivity index (χ2v) is 8.55. The van der Waals surface area contributed by atoms with Crippen LogP contribution in [0, 0.1) is 3.57 Å². The molecule has 3 aromatic rings. The summed E-state index contributed by atoms with van der Waals surface area (Å²) in [5, 5.41) is 5.76. The number of hydrogen-bond donors (Lipinski definition) is 1. The molecule has 7 heteroatoms. The van der Waals surface area contributed by atoms with Gasteiger partial charge in [-0.3, -0.25) is 9.69 Å². The largest absolute Gasteiger partial charge is 0.493 e. The minimum absolute atomic E-state index is 0.127. The lowest BCUT2D eigenvalue weighted by molar-refractivity contribution is -0.122. The van der Waals surface area contributed by atoms with Crippen LogP contribution in [0.4, 0.5) is 0 Å². The fraction of sp³-hybridized carbons (Fsp3) is 0.167. The summed E-state index contributed by atoms with van der Waals surface area (Å²) in [5.41, 5.74) is 2.39. The summed E-state index contributed by atoms with van der Waals surface area (Å²) in [6.07, 6.45) is 1.78. The predicted molar refractivity (Wildman–Crippen MR) is 135 cm³/mol. The molecule has 0 saturated carbocycles. The van der Waals surface area contributed by atoms with Crippen LogP contribution in [0.5, 0.6) is 11.5 Å². The Morgan fingerprint density at radius 1 is 1.16 bits per heavy atom. The highest BCUT2D eigenvalue weighted by Gasteiger charge is 2.29. The fourth-order valence-electron chi connectivity index (χ4n) is 3.56. The molecule has 0 aliphatic carbocycles. The smallest absolute Gasteiger partial charge is 0.276 e. The Morgan fingerprint density at radius 3 is 2.68 bits per heavy atom. The number of methoxy groups -OCH3 is 1. The van der Waals surface area contributed by atoms with E-state index in [9.17, 15) is 4.79 Å². The summed E-state index contributed by atoms with van der Waals surface area (Å²) in [6, 6.07) is 18.3. The molecule has 1 fully saturated rings. The summed E-state index contributed by atoms with van der Waals surface area (Å²) in [7, 11) is 1.61. The molecule has 5 nitrogen and oxygen atoms in total. The number of thiocarbonyl (C=S) groups is 1. The van der Waals surface area contributed by atoms with Crippen LogP contribution in [0.1, 0.15) is 18.1 Å². The Labute approximate surface area is 200 Å². The van der Waals surface area contributed by atoms with Crippen LogP contribution < -0.4 is 14.8 Å². The highest BCUT2D eigenvalue weighted by atomic mass is 127. The molecule has 158 valence electrons.